The van der Waals surface area contributed by atoms with Crippen molar-refractivity contribution < 1.29 is 9.59 Å². The highest BCUT2D eigenvalue weighted by molar-refractivity contribution is 6.30. The maximum atomic E-state index is 12.5. The Bertz CT molecular complexity index is 936. The molecule has 0 bridgehead atoms. The van der Waals surface area contributed by atoms with Gasteiger partial charge in [-0.05, 0) is 29.8 Å². The number of anilines is 1. The first-order valence-electron chi connectivity index (χ1n) is 8.16. The average Bonchev–Trinajstić information content (AvgIpc) is 2.63. The van der Waals surface area contributed by atoms with Crippen molar-refractivity contribution in [2.75, 3.05) is 11.9 Å². The molecule has 2 amide bonds. The summed E-state index contributed by atoms with van der Waals surface area (Å²) in [6.07, 6.45) is 1.68. The van der Waals surface area contributed by atoms with Crippen LogP contribution < -0.4 is 5.32 Å². The van der Waals surface area contributed by atoms with Gasteiger partial charge in [0.15, 0.2) is 0 Å². The van der Waals surface area contributed by atoms with Crippen molar-refractivity contribution in [3.63, 3.8) is 0 Å². The van der Waals surface area contributed by atoms with Crippen molar-refractivity contribution in [3.05, 3.63) is 71.4 Å². The monoisotopic (exact) mass is 367 g/mol. The summed E-state index contributed by atoms with van der Waals surface area (Å²) in [4.78, 5) is 30.2. The zero-order valence-corrected chi connectivity index (χ0v) is 15.0. The highest BCUT2D eigenvalue weighted by Gasteiger charge is 2.15. The van der Waals surface area contributed by atoms with Crippen LogP contribution in [0.25, 0.3) is 10.9 Å². The van der Waals surface area contributed by atoms with E-state index in [1.165, 1.54) is 11.8 Å². The molecule has 0 radical (unpaired) electrons. The number of para-hydroxylation sites is 1. The highest BCUT2D eigenvalue weighted by Crippen LogP contribution is 2.20. The summed E-state index contributed by atoms with van der Waals surface area (Å²) in [7, 11) is 0. The summed E-state index contributed by atoms with van der Waals surface area (Å²) in [5.74, 6) is -0.446. The predicted molar refractivity (Wildman–Crippen MR) is 103 cm³/mol. The van der Waals surface area contributed by atoms with Crippen LogP contribution in [0.5, 0.6) is 0 Å². The third-order valence-corrected chi connectivity index (χ3v) is 4.23. The fourth-order valence-electron chi connectivity index (χ4n) is 2.66. The third kappa shape index (κ3) is 4.37. The van der Waals surface area contributed by atoms with E-state index in [4.69, 9.17) is 11.6 Å². The molecule has 3 aromatic rings. The van der Waals surface area contributed by atoms with Gasteiger partial charge in [-0.2, -0.15) is 0 Å². The van der Waals surface area contributed by atoms with Crippen molar-refractivity contribution >= 4 is 40.0 Å². The van der Waals surface area contributed by atoms with E-state index in [0.717, 1.165) is 16.5 Å². The van der Waals surface area contributed by atoms with Gasteiger partial charge in [-0.3, -0.25) is 14.6 Å². The van der Waals surface area contributed by atoms with Crippen LogP contribution in [0, 0.1) is 0 Å². The summed E-state index contributed by atoms with van der Waals surface area (Å²) < 4.78 is 0. The second-order valence-corrected chi connectivity index (χ2v) is 6.37. The molecule has 3 rings (SSSR count). The van der Waals surface area contributed by atoms with Gasteiger partial charge in [0.2, 0.25) is 11.8 Å². The molecule has 132 valence electrons. The number of aromatic nitrogens is 1. The van der Waals surface area contributed by atoms with Crippen LogP contribution in [0.3, 0.4) is 0 Å². The van der Waals surface area contributed by atoms with E-state index in [2.05, 4.69) is 10.3 Å². The Kier molecular flexibility index (Phi) is 5.49. The van der Waals surface area contributed by atoms with E-state index >= 15 is 0 Å². The predicted octanol–water partition coefficient (Wildman–Crippen LogP) is 3.88. The Labute approximate surface area is 156 Å². The van der Waals surface area contributed by atoms with E-state index < -0.39 is 0 Å². The lowest BCUT2D eigenvalue weighted by Gasteiger charge is -2.21. The second-order valence-electron chi connectivity index (χ2n) is 5.93. The summed E-state index contributed by atoms with van der Waals surface area (Å²) in [5, 5.41) is 4.42. The molecule has 26 heavy (non-hydrogen) atoms. The minimum Gasteiger partial charge on any atom is -0.329 e. The Balaban J connectivity index is 1.71. The number of carbonyl (C=O) groups is 2. The second kappa shape index (κ2) is 7.97. The molecule has 1 aromatic heterocycles. The average molecular weight is 368 g/mol. The van der Waals surface area contributed by atoms with Gasteiger partial charge >= 0.3 is 0 Å². The van der Waals surface area contributed by atoms with Gasteiger partial charge in [0.05, 0.1) is 11.2 Å². The van der Waals surface area contributed by atoms with Gasteiger partial charge in [0, 0.05) is 30.1 Å². The summed E-state index contributed by atoms with van der Waals surface area (Å²) in [6.45, 7) is 1.75. The van der Waals surface area contributed by atoms with Crippen molar-refractivity contribution in [2.45, 2.75) is 13.5 Å². The minimum absolute atomic E-state index is 0.0405. The van der Waals surface area contributed by atoms with E-state index in [1.54, 1.807) is 24.4 Å². The molecule has 6 heteroatoms. The van der Waals surface area contributed by atoms with Crippen LogP contribution in [0.1, 0.15) is 12.5 Å². The standard InChI is InChI=1S/C20H18ClN3O2/c1-14(25)24(12-15-7-9-17(21)10-8-15)13-19(26)23-18-6-2-4-16-5-3-11-22-20(16)18/h2-11H,12-13H2,1H3,(H,23,26). The van der Waals surface area contributed by atoms with Gasteiger partial charge in [-0.25, -0.2) is 0 Å². The van der Waals surface area contributed by atoms with E-state index in [1.807, 2.05) is 36.4 Å². The van der Waals surface area contributed by atoms with Crippen LogP contribution in [-0.4, -0.2) is 28.2 Å². The molecule has 0 fully saturated rings. The normalized spacial score (nSPS) is 10.5. The molecule has 0 saturated carbocycles. The van der Waals surface area contributed by atoms with Crippen LogP contribution in [0.15, 0.2) is 60.8 Å². The number of halogens is 1. The SMILES string of the molecule is CC(=O)N(CC(=O)Nc1cccc2cccnc12)Cc1ccc(Cl)cc1. The Morgan fingerprint density at radius 1 is 1.08 bits per heavy atom. The molecule has 1 heterocycles. The first-order chi connectivity index (χ1) is 12.5. The Morgan fingerprint density at radius 3 is 2.54 bits per heavy atom. The number of hydrogen-bond donors (Lipinski definition) is 1. The first-order valence-corrected chi connectivity index (χ1v) is 8.54. The van der Waals surface area contributed by atoms with Crippen molar-refractivity contribution in [1.82, 2.24) is 9.88 Å². The molecular formula is C20H18ClN3O2. The number of amides is 2. The molecule has 0 atom stereocenters. The largest absolute Gasteiger partial charge is 0.329 e. The van der Waals surface area contributed by atoms with Gasteiger partial charge in [0.25, 0.3) is 0 Å². The van der Waals surface area contributed by atoms with Crippen LogP contribution in [-0.2, 0) is 16.1 Å². The van der Waals surface area contributed by atoms with Crippen LogP contribution >= 0.6 is 11.6 Å². The molecule has 0 spiro atoms. The van der Waals surface area contributed by atoms with Gasteiger partial charge in [0.1, 0.15) is 6.54 Å². The smallest absolute Gasteiger partial charge is 0.244 e. The van der Waals surface area contributed by atoms with Gasteiger partial charge < -0.3 is 10.2 Å². The molecule has 0 unspecified atom stereocenters. The van der Waals surface area contributed by atoms with E-state index in [-0.39, 0.29) is 18.4 Å². The van der Waals surface area contributed by atoms with Crippen molar-refractivity contribution in [3.8, 4) is 0 Å². The van der Waals surface area contributed by atoms with Gasteiger partial charge in [-0.1, -0.05) is 41.9 Å². The number of pyridine rings is 1. The molecule has 0 aliphatic carbocycles. The molecule has 0 aliphatic heterocycles. The quantitative estimate of drug-likeness (QED) is 0.744. The van der Waals surface area contributed by atoms with Gasteiger partial charge in [-0.15, -0.1) is 0 Å². The van der Waals surface area contributed by atoms with E-state index in [0.29, 0.717) is 17.3 Å². The third-order valence-electron chi connectivity index (χ3n) is 3.97. The highest BCUT2D eigenvalue weighted by atomic mass is 35.5. The number of carbonyl (C=O) groups excluding carboxylic acids is 2. The molecular weight excluding hydrogens is 350 g/mol. The maximum Gasteiger partial charge on any atom is 0.244 e. The molecule has 0 saturated heterocycles. The van der Waals surface area contributed by atoms with Crippen LogP contribution in [0.2, 0.25) is 5.02 Å². The van der Waals surface area contributed by atoms with Crippen molar-refractivity contribution in [2.24, 2.45) is 0 Å². The summed E-state index contributed by atoms with van der Waals surface area (Å²) in [6, 6.07) is 16.6. The van der Waals surface area contributed by atoms with Crippen LogP contribution in [0.4, 0.5) is 5.69 Å². The minimum atomic E-state index is -0.271. The van der Waals surface area contributed by atoms with Crippen molar-refractivity contribution in [1.29, 1.82) is 0 Å². The Hall–Kier alpha value is -2.92. The lowest BCUT2D eigenvalue weighted by molar-refractivity contribution is -0.133. The number of nitrogens with zero attached hydrogens (tertiary/aromatic N) is 2. The fourth-order valence-corrected chi connectivity index (χ4v) is 2.78. The topological polar surface area (TPSA) is 62.3 Å². The molecule has 5 nitrogen and oxygen atoms in total. The summed E-state index contributed by atoms with van der Waals surface area (Å²) in [5.41, 5.74) is 2.25. The Morgan fingerprint density at radius 2 is 1.81 bits per heavy atom. The molecule has 1 N–H and O–H groups in total. The number of fused-ring (bicyclic) bond motifs is 1. The zero-order valence-electron chi connectivity index (χ0n) is 14.3. The first kappa shape index (κ1) is 17.9. The zero-order chi connectivity index (χ0) is 18.5. The molecule has 2 aromatic carbocycles. The number of hydrogen-bond acceptors (Lipinski definition) is 3. The number of nitrogens with one attached hydrogen (secondary N) is 1. The lowest BCUT2D eigenvalue weighted by Crippen LogP contribution is -2.36. The number of rotatable bonds is 5. The fraction of sp³-hybridized carbons (Fsp3) is 0.150. The van der Waals surface area contributed by atoms with E-state index in [9.17, 15) is 9.59 Å². The summed E-state index contributed by atoms with van der Waals surface area (Å²) >= 11 is 5.88. The number of benzene rings is 2. The lowest BCUT2D eigenvalue weighted by atomic mass is 10.2. The maximum absolute atomic E-state index is 12.5. The molecule has 0 aliphatic rings.